The van der Waals surface area contributed by atoms with Gasteiger partial charge in [-0.05, 0) is 31.5 Å². The Hall–Kier alpha value is -3.02. The van der Waals surface area contributed by atoms with Crippen LogP contribution in [0.5, 0.6) is 5.75 Å². The number of aldehydes is 1. The summed E-state index contributed by atoms with van der Waals surface area (Å²) < 4.78 is 7.73. The first-order valence-electron chi connectivity index (χ1n) is 7.73. The predicted molar refractivity (Wildman–Crippen MR) is 89.8 cm³/mol. The van der Waals surface area contributed by atoms with E-state index in [0.29, 0.717) is 17.9 Å². The second-order valence-electron chi connectivity index (χ2n) is 5.32. The lowest BCUT2D eigenvalue weighted by Gasteiger charge is -2.12. The fourth-order valence-electron chi connectivity index (χ4n) is 2.54. The molecule has 0 radical (unpaired) electrons. The molecule has 6 heteroatoms. The normalized spacial score (nSPS) is 10.6. The van der Waals surface area contributed by atoms with E-state index in [1.807, 2.05) is 36.7 Å². The second kappa shape index (κ2) is 7.04. The van der Waals surface area contributed by atoms with E-state index in [1.54, 1.807) is 24.8 Å². The topological polar surface area (TPSA) is 69.9 Å². The minimum absolute atomic E-state index is 0.296. The number of hydrogen-bond donors (Lipinski definition) is 0. The summed E-state index contributed by atoms with van der Waals surface area (Å²) in [6.07, 6.45) is 7.50. The quantitative estimate of drug-likeness (QED) is 0.652. The van der Waals surface area contributed by atoms with Crippen molar-refractivity contribution in [3.63, 3.8) is 0 Å². The third kappa shape index (κ3) is 3.03. The maximum absolute atomic E-state index is 11.3. The average molecular weight is 322 g/mol. The van der Waals surface area contributed by atoms with Crippen molar-refractivity contribution in [3.8, 4) is 17.1 Å². The molecule has 3 aromatic rings. The molecule has 0 bridgehead atoms. The summed E-state index contributed by atoms with van der Waals surface area (Å²) in [5, 5.41) is 4.29. The van der Waals surface area contributed by atoms with Crippen molar-refractivity contribution < 1.29 is 9.53 Å². The minimum Gasteiger partial charge on any atom is -0.486 e. The molecular weight excluding hydrogens is 304 g/mol. The molecular formula is C18H18N4O2. The molecule has 3 aromatic heterocycles. The summed E-state index contributed by atoms with van der Waals surface area (Å²) in [5.74, 6) is 0.476. The van der Waals surface area contributed by atoms with E-state index in [4.69, 9.17) is 4.74 Å². The second-order valence-corrected chi connectivity index (χ2v) is 5.32. The number of nitrogens with zero attached hydrogens (tertiary/aromatic N) is 4. The third-order valence-corrected chi connectivity index (χ3v) is 3.80. The van der Waals surface area contributed by atoms with Gasteiger partial charge in [-0.25, -0.2) is 0 Å². The zero-order valence-electron chi connectivity index (χ0n) is 13.6. The van der Waals surface area contributed by atoms with Crippen LogP contribution in [-0.2, 0) is 13.2 Å². The van der Waals surface area contributed by atoms with Gasteiger partial charge >= 0.3 is 0 Å². The van der Waals surface area contributed by atoms with Crippen molar-refractivity contribution in [1.29, 1.82) is 0 Å². The molecule has 0 aliphatic carbocycles. The Bertz CT molecular complexity index is 858. The van der Waals surface area contributed by atoms with Gasteiger partial charge in [-0.1, -0.05) is 6.07 Å². The Morgan fingerprint density at radius 2 is 2.12 bits per heavy atom. The predicted octanol–water partition coefficient (Wildman–Crippen LogP) is 3.06. The van der Waals surface area contributed by atoms with E-state index < -0.39 is 0 Å². The van der Waals surface area contributed by atoms with Gasteiger partial charge in [0.25, 0.3) is 0 Å². The Kier molecular flexibility index (Phi) is 4.65. The van der Waals surface area contributed by atoms with Gasteiger partial charge in [0.15, 0.2) is 6.29 Å². The number of carbonyl (C=O) groups excluding carboxylic acids is 1. The maximum Gasteiger partial charge on any atom is 0.154 e. The van der Waals surface area contributed by atoms with Crippen LogP contribution in [0.1, 0.15) is 28.4 Å². The van der Waals surface area contributed by atoms with E-state index in [0.717, 1.165) is 35.3 Å². The summed E-state index contributed by atoms with van der Waals surface area (Å²) in [4.78, 5) is 19.8. The summed E-state index contributed by atoms with van der Waals surface area (Å²) in [7, 11) is 0. The highest BCUT2D eigenvalue weighted by atomic mass is 16.5. The van der Waals surface area contributed by atoms with Gasteiger partial charge in [0.2, 0.25) is 0 Å². The third-order valence-electron chi connectivity index (χ3n) is 3.80. The molecule has 0 aliphatic heterocycles. The summed E-state index contributed by atoms with van der Waals surface area (Å²) in [5.41, 5.74) is 4.00. The van der Waals surface area contributed by atoms with Crippen molar-refractivity contribution >= 4 is 6.29 Å². The lowest BCUT2D eigenvalue weighted by atomic mass is 10.1. The molecule has 0 aliphatic rings. The highest BCUT2D eigenvalue weighted by molar-refractivity contribution is 5.81. The minimum atomic E-state index is 0.296. The standard InChI is InChI=1S/C18H18N4O2/c1-3-22-16(6-8-21-22)18-14(5-4-7-20-18)12-24-17-10-19-9-13(2)15(17)11-23/h4-11H,3,12H2,1-2H3. The maximum atomic E-state index is 11.3. The van der Waals surface area contributed by atoms with Gasteiger partial charge in [0, 0.05) is 30.7 Å². The lowest BCUT2D eigenvalue weighted by Crippen LogP contribution is -2.05. The molecule has 0 atom stereocenters. The first kappa shape index (κ1) is 15.9. The average Bonchev–Trinajstić information content (AvgIpc) is 3.08. The van der Waals surface area contributed by atoms with Crippen molar-refractivity contribution in [2.75, 3.05) is 0 Å². The monoisotopic (exact) mass is 322 g/mol. The molecule has 122 valence electrons. The summed E-state index contributed by atoms with van der Waals surface area (Å²) >= 11 is 0. The molecule has 3 rings (SSSR count). The molecule has 0 N–H and O–H groups in total. The summed E-state index contributed by atoms with van der Waals surface area (Å²) in [6, 6.07) is 5.75. The van der Waals surface area contributed by atoms with Crippen LogP contribution >= 0.6 is 0 Å². The van der Waals surface area contributed by atoms with Gasteiger partial charge in [-0.2, -0.15) is 5.10 Å². The smallest absolute Gasteiger partial charge is 0.154 e. The molecule has 0 saturated heterocycles. The zero-order valence-corrected chi connectivity index (χ0v) is 13.6. The fourth-order valence-corrected chi connectivity index (χ4v) is 2.54. The van der Waals surface area contributed by atoms with Gasteiger partial charge < -0.3 is 4.74 Å². The van der Waals surface area contributed by atoms with Crippen LogP contribution in [0, 0.1) is 6.92 Å². The molecule has 6 nitrogen and oxygen atoms in total. The van der Waals surface area contributed by atoms with Crippen LogP contribution in [0.15, 0.2) is 43.0 Å². The molecule has 24 heavy (non-hydrogen) atoms. The van der Waals surface area contributed by atoms with E-state index in [1.165, 1.54) is 0 Å². The van der Waals surface area contributed by atoms with Crippen molar-refractivity contribution in [2.24, 2.45) is 0 Å². The number of rotatable bonds is 6. The van der Waals surface area contributed by atoms with Gasteiger partial charge in [-0.3, -0.25) is 19.4 Å². The fraction of sp³-hybridized carbons (Fsp3) is 0.222. The molecule has 0 unspecified atom stereocenters. The van der Waals surface area contributed by atoms with Gasteiger partial charge in [0.05, 0.1) is 23.1 Å². The van der Waals surface area contributed by atoms with Crippen LogP contribution in [0.2, 0.25) is 0 Å². The molecule has 0 amide bonds. The highest BCUT2D eigenvalue weighted by Crippen LogP contribution is 2.24. The van der Waals surface area contributed by atoms with E-state index in [-0.39, 0.29) is 0 Å². The first-order valence-corrected chi connectivity index (χ1v) is 7.73. The first-order chi connectivity index (χ1) is 11.7. The van der Waals surface area contributed by atoms with Crippen LogP contribution in [0.25, 0.3) is 11.4 Å². The molecule has 0 aromatic carbocycles. The van der Waals surface area contributed by atoms with Crippen molar-refractivity contribution in [3.05, 3.63) is 59.7 Å². The largest absolute Gasteiger partial charge is 0.486 e. The van der Waals surface area contributed by atoms with Crippen molar-refractivity contribution in [2.45, 2.75) is 27.0 Å². The number of aryl methyl sites for hydroxylation is 2. The number of carbonyl (C=O) groups is 1. The van der Waals surface area contributed by atoms with Crippen LogP contribution < -0.4 is 4.74 Å². The Balaban J connectivity index is 1.90. The van der Waals surface area contributed by atoms with E-state index >= 15 is 0 Å². The SMILES string of the molecule is CCn1nccc1-c1ncccc1COc1cncc(C)c1C=O. The number of pyridine rings is 2. The lowest BCUT2D eigenvalue weighted by molar-refractivity contribution is 0.111. The molecule has 0 fully saturated rings. The Morgan fingerprint density at radius 1 is 1.25 bits per heavy atom. The van der Waals surface area contributed by atoms with Gasteiger partial charge in [-0.15, -0.1) is 0 Å². The number of hydrogen-bond acceptors (Lipinski definition) is 5. The highest BCUT2D eigenvalue weighted by Gasteiger charge is 2.13. The van der Waals surface area contributed by atoms with Crippen LogP contribution in [0.4, 0.5) is 0 Å². The van der Waals surface area contributed by atoms with Crippen molar-refractivity contribution in [1.82, 2.24) is 19.7 Å². The number of ether oxygens (including phenoxy) is 1. The molecule has 0 saturated carbocycles. The Labute approximate surface area is 140 Å². The summed E-state index contributed by atoms with van der Waals surface area (Å²) in [6.45, 7) is 4.92. The van der Waals surface area contributed by atoms with Crippen LogP contribution in [0.3, 0.4) is 0 Å². The zero-order chi connectivity index (χ0) is 16.9. The van der Waals surface area contributed by atoms with E-state index in [2.05, 4.69) is 15.1 Å². The number of aromatic nitrogens is 4. The van der Waals surface area contributed by atoms with E-state index in [9.17, 15) is 4.79 Å². The van der Waals surface area contributed by atoms with Crippen LogP contribution in [-0.4, -0.2) is 26.0 Å². The molecule has 3 heterocycles. The van der Waals surface area contributed by atoms with Gasteiger partial charge in [0.1, 0.15) is 12.4 Å². The Morgan fingerprint density at radius 3 is 2.92 bits per heavy atom. The molecule has 0 spiro atoms.